The Labute approximate surface area is 171 Å². The molecule has 9 nitrogen and oxygen atoms in total. The van der Waals surface area contributed by atoms with Gasteiger partial charge in [-0.25, -0.2) is 0 Å². The van der Waals surface area contributed by atoms with Gasteiger partial charge in [-0.15, -0.1) is 10.2 Å². The van der Waals surface area contributed by atoms with Crippen molar-refractivity contribution in [3.05, 3.63) is 11.6 Å². The van der Waals surface area contributed by atoms with Crippen LogP contribution >= 0.6 is 0 Å². The van der Waals surface area contributed by atoms with Gasteiger partial charge >= 0.3 is 6.18 Å². The first-order chi connectivity index (χ1) is 14.2. The van der Waals surface area contributed by atoms with Gasteiger partial charge in [0.15, 0.2) is 11.9 Å². The number of alkyl halides is 3. The number of nitriles is 1. The van der Waals surface area contributed by atoms with Crippen molar-refractivity contribution in [3.8, 4) is 6.07 Å². The van der Waals surface area contributed by atoms with Crippen LogP contribution in [0.4, 0.5) is 13.2 Å². The molecule has 1 saturated heterocycles. The molecule has 0 radical (unpaired) electrons. The molecule has 0 aromatic carbocycles. The quantitative estimate of drug-likeness (QED) is 0.717. The van der Waals surface area contributed by atoms with Gasteiger partial charge in [-0.2, -0.15) is 18.4 Å². The standard InChI is InChI=1S/C18H24F3N7O2/c1-2-11(15(23)16(30)27-5-3-4-12(27)9-22)8-14(29)26-6-7-28-13(10-26)24-25-17(28)18(19,20)21/h11-12,15H,2-8,10,23H2,1H3/p+1/t11-,12+,15+/m1/s1. The first kappa shape index (κ1) is 22.0. The highest BCUT2D eigenvalue weighted by atomic mass is 19.4. The minimum Gasteiger partial charge on any atom is -0.347 e. The molecular formula is C18H25F3N7O2+. The second kappa shape index (κ2) is 8.59. The van der Waals surface area contributed by atoms with E-state index in [-0.39, 0.29) is 49.6 Å². The Morgan fingerprint density at radius 2 is 2.03 bits per heavy atom. The predicted octanol–water partition coefficient (Wildman–Crippen LogP) is 0.180. The van der Waals surface area contributed by atoms with Crippen LogP contribution in [-0.2, 0) is 28.9 Å². The molecule has 3 atom stereocenters. The molecule has 12 heteroatoms. The average Bonchev–Trinajstić information content (AvgIpc) is 3.36. The number of hydrogen-bond donors (Lipinski definition) is 1. The van der Waals surface area contributed by atoms with Gasteiger partial charge in [0.2, 0.25) is 11.7 Å². The first-order valence-corrected chi connectivity index (χ1v) is 9.97. The molecule has 1 aromatic heterocycles. The first-order valence-electron chi connectivity index (χ1n) is 9.97. The summed E-state index contributed by atoms with van der Waals surface area (Å²) in [6.45, 7) is 2.39. The van der Waals surface area contributed by atoms with Gasteiger partial charge in [-0.3, -0.25) is 9.59 Å². The van der Waals surface area contributed by atoms with E-state index in [0.29, 0.717) is 19.4 Å². The summed E-state index contributed by atoms with van der Waals surface area (Å²) in [4.78, 5) is 28.6. The van der Waals surface area contributed by atoms with Gasteiger partial charge in [0, 0.05) is 32.0 Å². The monoisotopic (exact) mass is 428 g/mol. The van der Waals surface area contributed by atoms with Gasteiger partial charge < -0.3 is 20.1 Å². The summed E-state index contributed by atoms with van der Waals surface area (Å²) in [5.74, 6) is -1.78. The highest BCUT2D eigenvalue weighted by Gasteiger charge is 2.41. The van der Waals surface area contributed by atoms with Gasteiger partial charge in [0.1, 0.15) is 6.04 Å². The predicted molar refractivity (Wildman–Crippen MR) is 95.9 cm³/mol. The Kier molecular flexibility index (Phi) is 6.30. The molecule has 1 aromatic rings. The second-order valence-corrected chi connectivity index (χ2v) is 7.70. The van der Waals surface area contributed by atoms with E-state index in [1.807, 2.05) is 6.92 Å². The molecule has 3 rings (SSSR count). The molecule has 3 N–H and O–H groups in total. The van der Waals surface area contributed by atoms with Gasteiger partial charge in [-0.05, 0) is 19.3 Å². The number of quaternary nitrogens is 1. The Morgan fingerprint density at radius 1 is 1.30 bits per heavy atom. The summed E-state index contributed by atoms with van der Waals surface area (Å²) in [7, 11) is 0. The molecular weight excluding hydrogens is 403 g/mol. The molecule has 1 fully saturated rings. The maximum absolute atomic E-state index is 13.0. The number of carbonyl (C=O) groups is 2. The molecule has 0 saturated carbocycles. The summed E-state index contributed by atoms with van der Waals surface area (Å²) < 4.78 is 39.9. The number of carbonyl (C=O) groups excluding carboxylic acids is 2. The lowest BCUT2D eigenvalue weighted by Crippen LogP contribution is -2.71. The fourth-order valence-corrected chi connectivity index (χ4v) is 4.08. The normalized spacial score (nSPS) is 21.1. The van der Waals surface area contributed by atoms with Crippen LogP contribution in [-0.4, -0.2) is 61.6 Å². The van der Waals surface area contributed by atoms with E-state index in [1.165, 1.54) is 9.80 Å². The molecule has 0 aliphatic carbocycles. The fourth-order valence-electron chi connectivity index (χ4n) is 4.08. The van der Waals surface area contributed by atoms with E-state index in [1.54, 1.807) is 0 Å². The van der Waals surface area contributed by atoms with Crippen molar-refractivity contribution in [2.45, 2.75) is 64.0 Å². The number of likely N-dealkylation sites (tertiary alicyclic amines) is 1. The summed E-state index contributed by atoms with van der Waals surface area (Å²) in [5.41, 5.74) is 3.96. The number of amides is 2. The molecule has 0 spiro atoms. The van der Waals surface area contributed by atoms with Crippen molar-refractivity contribution in [2.75, 3.05) is 13.1 Å². The number of halogens is 3. The summed E-state index contributed by atoms with van der Waals surface area (Å²) >= 11 is 0. The Bertz CT molecular complexity index is 848. The summed E-state index contributed by atoms with van der Waals surface area (Å²) in [5, 5.41) is 16.0. The minimum atomic E-state index is -4.59. The van der Waals surface area contributed by atoms with E-state index >= 15 is 0 Å². The molecule has 0 bridgehead atoms. The fraction of sp³-hybridized carbons (Fsp3) is 0.722. The van der Waals surface area contributed by atoms with Gasteiger partial charge in [0.05, 0.1) is 12.6 Å². The van der Waals surface area contributed by atoms with Crippen LogP contribution in [0.3, 0.4) is 0 Å². The van der Waals surface area contributed by atoms with Crippen LogP contribution in [0.2, 0.25) is 0 Å². The van der Waals surface area contributed by atoms with Crippen molar-refractivity contribution in [2.24, 2.45) is 5.92 Å². The molecule has 2 aliphatic rings. The highest BCUT2D eigenvalue weighted by Crippen LogP contribution is 2.30. The third kappa shape index (κ3) is 4.26. The number of hydrogen-bond acceptors (Lipinski definition) is 5. The summed E-state index contributed by atoms with van der Waals surface area (Å²) in [6, 6.07) is 1.01. The number of fused-ring (bicyclic) bond motifs is 1. The van der Waals surface area contributed by atoms with Crippen molar-refractivity contribution in [3.63, 3.8) is 0 Å². The van der Waals surface area contributed by atoms with Crippen molar-refractivity contribution < 1.29 is 28.5 Å². The summed E-state index contributed by atoms with van der Waals surface area (Å²) in [6.07, 6.45) is -2.59. The smallest absolute Gasteiger partial charge is 0.347 e. The lowest BCUT2D eigenvalue weighted by atomic mass is 9.92. The van der Waals surface area contributed by atoms with Crippen LogP contribution in [0.5, 0.6) is 0 Å². The molecule has 30 heavy (non-hydrogen) atoms. The highest BCUT2D eigenvalue weighted by molar-refractivity contribution is 5.83. The second-order valence-electron chi connectivity index (χ2n) is 7.70. The number of nitrogens with zero attached hydrogens (tertiary/aromatic N) is 6. The van der Waals surface area contributed by atoms with Crippen molar-refractivity contribution in [1.29, 1.82) is 5.26 Å². The zero-order valence-electron chi connectivity index (χ0n) is 16.7. The van der Waals surface area contributed by atoms with Gasteiger partial charge in [0.25, 0.3) is 5.91 Å². The minimum absolute atomic E-state index is 0.0376. The third-order valence-corrected chi connectivity index (χ3v) is 5.89. The largest absolute Gasteiger partial charge is 0.451 e. The van der Waals surface area contributed by atoms with E-state index in [4.69, 9.17) is 0 Å². The molecule has 2 amide bonds. The average molecular weight is 428 g/mol. The van der Waals surface area contributed by atoms with E-state index in [0.717, 1.165) is 11.0 Å². The van der Waals surface area contributed by atoms with Crippen LogP contribution in [0.25, 0.3) is 0 Å². The zero-order chi connectivity index (χ0) is 22.1. The Balaban J connectivity index is 1.64. The van der Waals surface area contributed by atoms with Crippen molar-refractivity contribution >= 4 is 11.8 Å². The molecule has 0 unspecified atom stereocenters. The lowest BCUT2D eigenvalue weighted by Gasteiger charge is -2.30. The van der Waals surface area contributed by atoms with E-state index in [9.17, 15) is 28.0 Å². The van der Waals surface area contributed by atoms with Crippen LogP contribution in [0.15, 0.2) is 0 Å². The van der Waals surface area contributed by atoms with E-state index in [2.05, 4.69) is 22.0 Å². The maximum Gasteiger partial charge on any atom is 0.451 e. The zero-order valence-corrected chi connectivity index (χ0v) is 16.7. The third-order valence-electron chi connectivity index (χ3n) is 5.89. The van der Waals surface area contributed by atoms with Gasteiger partial charge in [-0.1, -0.05) is 6.92 Å². The topological polar surface area (TPSA) is 123 Å². The molecule has 164 valence electrons. The molecule has 3 heterocycles. The van der Waals surface area contributed by atoms with Crippen molar-refractivity contribution in [1.82, 2.24) is 24.6 Å². The number of rotatable bonds is 5. The molecule has 2 aliphatic heterocycles. The lowest BCUT2D eigenvalue weighted by molar-refractivity contribution is -0.418. The SMILES string of the molecule is CC[C@H](CC(=O)N1CCn2c(nnc2C(F)(F)F)C1)[C@H]([NH3+])C(=O)N1CCC[C@H]1C#N. The maximum atomic E-state index is 13.0. The Morgan fingerprint density at radius 3 is 2.67 bits per heavy atom. The van der Waals surface area contributed by atoms with Crippen LogP contribution in [0.1, 0.15) is 44.3 Å². The number of aromatic nitrogens is 3. The van der Waals surface area contributed by atoms with Crippen LogP contribution in [0, 0.1) is 17.2 Å². The Hall–Kier alpha value is -2.68. The van der Waals surface area contributed by atoms with E-state index < -0.39 is 24.1 Å². The van der Waals surface area contributed by atoms with Crippen LogP contribution < -0.4 is 5.73 Å².